The molecule has 1 heterocycles. The molecule has 11 heavy (non-hydrogen) atoms. The summed E-state index contributed by atoms with van der Waals surface area (Å²) in [6, 6.07) is 0. The van der Waals surface area contributed by atoms with Crippen LogP contribution >= 0.6 is 12.6 Å². The highest BCUT2D eigenvalue weighted by Crippen LogP contribution is 2.28. The molecule has 0 amide bonds. The summed E-state index contributed by atoms with van der Waals surface area (Å²) in [5.74, 6) is 0. The van der Waals surface area contributed by atoms with Crippen LogP contribution in [-0.4, -0.2) is 34.6 Å². The molecule has 1 saturated heterocycles. The summed E-state index contributed by atoms with van der Waals surface area (Å²) in [7, 11) is 2.69. The molecular formula is C7H16O2SSi. The van der Waals surface area contributed by atoms with Crippen LogP contribution in [0.5, 0.6) is 0 Å². The van der Waals surface area contributed by atoms with Gasteiger partial charge in [0.25, 0.3) is 0 Å². The van der Waals surface area contributed by atoms with E-state index < -0.39 is 0 Å². The highest BCUT2D eigenvalue weighted by atomic mass is 32.1. The molecule has 2 atom stereocenters. The van der Waals surface area contributed by atoms with Gasteiger partial charge in [0.2, 0.25) is 0 Å². The van der Waals surface area contributed by atoms with E-state index in [1.807, 2.05) is 0 Å². The van der Waals surface area contributed by atoms with Gasteiger partial charge in [-0.3, -0.25) is 0 Å². The van der Waals surface area contributed by atoms with Crippen molar-refractivity contribution in [3.05, 3.63) is 0 Å². The molecule has 0 radical (unpaired) electrons. The fourth-order valence-electron chi connectivity index (χ4n) is 1.40. The van der Waals surface area contributed by atoms with Crippen LogP contribution in [-0.2, 0) is 9.47 Å². The second-order valence-corrected chi connectivity index (χ2v) is 5.37. The van der Waals surface area contributed by atoms with E-state index in [0.29, 0.717) is 0 Å². The third-order valence-electron chi connectivity index (χ3n) is 2.24. The van der Waals surface area contributed by atoms with E-state index in [1.54, 1.807) is 7.11 Å². The van der Waals surface area contributed by atoms with Crippen molar-refractivity contribution in [3.8, 4) is 0 Å². The maximum atomic E-state index is 5.68. The molecule has 2 nitrogen and oxygen atoms in total. The van der Waals surface area contributed by atoms with E-state index in [-0.39, 0.29) is 10.7 Å². The lowest BCUT2D eigenvalue weighted by atomic mass is 10.1. The summed E-state index contributed by atoms with van der Waals surface area (Å²) < 4.78 is 10.8. The van der Waals surface area contributed by atoms with Gasteiger partial charge in [0.1, 0.15) is 5.44 Å². The maximum absolute atomic E-state index is 5.68. The molecule has 0 spiro atoms. The molecule has 4 heteroatoms. The minimum absolute atomic E-state index is 0.0316. The zero-order valence-electron chi connectivity index (χ0n) is 7.17. The van der Waals surface area contributed by atoms with Gasteiger partial charge in [0.15, 0.2) is 0 Å². The minimum Gasteiger partial charge on any atom is -0.376 e. The molecule has 0 aliphatic carbocycles. The van der Waals surface area contributed by atoms with E-state index in [0.717, 1.165) is 23.3 Å². The first-order valence-electron chi connectivity index (χ1n) is 4.04. The first kappa shape index (κ1) is 9.57. The van der Waals surface area contributed by atoms with Crippen molar-refractivity contribution in [3.63, 3.8) is 0 Å². The van der Waals surface area contributed by atoms with Gasteiger partial charge in [-0.05, 0) is 19.3 Å². The first-order valence-corrected chi connectivity index (χ1v) is 5.55. The smallest absolute Gasteiger partial charge is 0.124 e. The fraction of sp³-hybridized carbons (Fsp3) is 1.00. The normalized spacial score (nSPS) is 35.5. The van der Waals surface area contributed by atoms with Gasteiger partial charge in [-0.1, -0.05) is 0 Å². The Morgan fingerprint density at radius 1 is 1.64 bits per heavy atom. The number of ether oxygens (including phenoxy) is 2. The Kier molecular flexibility index (Phi) is 3.43. The zero-order valence-corrected chi connectivity index (χ0v) is 10.1. The van der Waals surface area contributed by atoms with Crippen molar-refractivity contribution in [1.29, 1.82) is 0 Å². The van der Waals surface area contributed by atoms with Crippen LogP contribution in [0, 0.1) is 0 Å². The largest absolute Gasteiger partial charge is 0.376 e. The summed E-state index contributed by atoms with van der Waals surface area (Å²) in [6.07, 6.45) is 3.55. The molecule has 1 aliphatic rings. The van der Waals surface area contributed by atoms with Crippen molar-refractivity contribution >= 4 is 22.9 Å². The van der Waals surface area contributed by atoms with Crippen LogP contribution in [0.15, 0.2) is 0 Å². The third-order valence-corrected chi connectivity index (χ3v) is 4.80. The summed E-state index contributed by atoms with van der Waals surface area (Å²) in [6.45, 7) is 0.879. The van der Waals surface area contributed by atoms with Gasteiger partial charge in [0.05, 0.1) is 5.22 Å². The van der Waals surface area contributed by atoms with Crippen LogP contribution in [0.2, 0.25) is 0 Å². The lowest BCUT2D eigenvalue weighted by Gasteiger charge is -2.37. The van der Waals surface area contributed by atoms with Crippen LogP contribution in [0.1, 0.15) is 19.3 Å². The molecule has 0 aromatic heterocycles. The first-order chi connectivity index (χ1) is 5.19. The molecule has 1 aliphatic heterocycles. The second-order valence-electron chi connectivity index (χ2n) is 3.21. The molecule has 66 valence electrons. The van der Waals surface area contributed by atoms with Crippen LogP contribution in [0.4, 0.5) is 0 Å². The summed E-state index contributed by atoms with van der Waals surface area (Å²) >= 11 is 4.35. The molecule has 0 N–H and O–H groups in total. The minimum atomic E-state index is -0.0329. The number of hydrogen-bond acceptors (Lipinski definition) is 3. The van der Waals surface area contributed by atoms with Gasteiger partial charge >= 0.3 is 0 Å². The van der Waals surface area contributed by atoms with Crippen LogP contribution < -0.4 is 0 Å². The standard InChI is InChI=1S/C7H16O2SSi/c1-8-6(10)7(11)4-2-3-5-9-7/h6,10H,2-5H2,1,11H3. The SMILES string of the molecule is COC(S)C1([SiH3])CCCCO1. The Bertz CT molecular complexity index is 126. The summed E-state index contributed by atoms with van der Waals surface area (Å²) in [4.78, 5) is 0. The molecule has 0 bridgehead atoms. The molecule has 1 rings (SSSR count). The molecule has 0 aromatic rings. The Labute approximate surface area is 76.5 Å². The quantitative estimate of drug-likeness (QED) is 0.381. The Balaban J connectivity index is 2.49. The van der Waals surface area contributed by atoms with E-state index >= 15 is 0 Å². The van der Waals surface area contributed by atoms with Gasteiger partial charge in [-0.2, -0.15) is 0 Å². The van der Waals surface area contributed by atoms with Gasteiger partial charge in [-0.25, -0.2) is 0 Å². The monoisotopic (exact) mass is 192 g/mol. The third kappa shape index (κ3) is 2.21. The van der Waals surface area contributed by atoms with Crippen molar-refractivity contribution in [2.45, 2.75) is 29.9 Å². The highest BCUT2D eigenvalue weighted by Gasteiger charge is 2.34. The fourth-order valence-corrected chi connectivity index (χ4v) is 2.40. The number of rotatable bonds is 2. The molecule has 1 fully saturated rings. The maximum Gasteiger partial charge on any atom is 0.124 e. The van der Waals surface area contributed by atoms with E-state index in [9.17, 15) is 0 Å². The number of hydrogen-bond donors (Lipinski definition) is 1. The molecular weight excluding hydrogens is 176 g/mol. The average molecular weight is 192 g/mol. The predicted molar refractivity (Wildman–Crippen MR) is 52.3 cm³/mol. The van der Waals surface area contributed by atoms with E-state index in [4.69, 9.17) is 9.47 Å². The Hall–Kier alpha value is 0.487. The molecule has 0 saturated carbocycles. The average Bonchev–Trinajstić information content (AvgIpc) is 2.04. The lowest BCUT2D eigenvalue weighted by molar-refractivity contribution is -0.0728. The van der Waals surface area contributed by atoms with Crippen molar-refractivity contribution < 1.29 is 9.47 Å². The van der Waals surface area contributed by atoms with Gasteiger partial charge < -0.3 is 9.47 Å². The topological polar surface area (TPSA) is 18.5 Å². The number of thiol groups is 1. The Morgan fingerprint density at radius 3 is 2.82 bits per heavy atom. The van der Waals surface area contributed by atoms with Crippen molar-refractivity contribution in [2.24, 2.45) is 0 Å². The van der Waals surface area contributed by atoms with Gasteiger partial charge in [0, 0.05) is 24.0 Å². The highest BCUT2D eigenvalue weighted by molar-refractivity contribution is 7.80. The predicted octanol–water partition coefficient (Wildman–Crippen LogP) is 0.151. The molecule has 0 aromatic carbocycles. The van der Waals surface area contributed by atoms with E-state index in [2.05, 4.69) is 12.6 Å². The summed E-state index contributed by atoms with van der Waals surface area (Å²) in [5, 5.41) is -0.0316. The molecule has 2 unspecified atom stereocenters. The van der Waals surface area contributed by atoms with E-state index in [1.165, 1.54) is 12.8 Å². The van der Waals surface area contributed by atoms with Crippen LogP contribution in [0.3, 0.4) is 0 Å². The lowest BCUT2D eigenvalue weighted by Crippen LogP contribution is -2.46. The Morgan fingerprint density at radius 2 is 2.36 bits per heavy atom. The van der Waals surface area contributed by atoms with Crippen molar-refractivity contribution in [1.82, 2.24) is 0 Å². The van der Waals surface area contributed by atoms with Gasteiger partial charge in [-0.15, -0.1) is 12.6 Å². The second kappa shape index (κ2) is 3.94. The summed E-state index contributed by atoms with van der Waals surface area (Å²) in [5.41, 5.74) is -0.0329. The van der Waals surface area contributed by atoms with Crippen molar-refractivity contribution in [2.75, 3.05) is 13.7 Å². The number of methoxy groups -OCH3 is 1. The van der Waals surface area contributed by atoms with Crippen LogP contribution in [0.25, 0.3) is 0 Å². The zero-order chi connectivity index (χ0) is 8.32.